The first-order valence-corrected chi connectivity index (χ1v) is 6.73. The fourth-order valence-electron chi connectivity index (χ4n) is 2.51. The zero-order valence-corrected chi connectivity index (χ0v) is 9.98. The Kier molecular flexibility index (Phi) is 2.33. The van der Waals surface area contributed by atoms with Crippen LogP contribution in [0.25, 0.3) is 0 Å². The summed E-state index contributed by atoms with van der Waals surface area (Å²) in [5, 5.41) is 3.47. The fourth-order valence-corrected chi connectivity index (χ4v) is 3.65. The van der Waals surface area contributed by atoms with Gasteiger partial charge in [-0.2, -0.15) is 0 Å². The summed E-state index contributed by atoms with van der Waals surface area (Å²) in [6, 6.07) is 0. The van der Waals surface area contributed by atoms with Gasteiger partial charge in [-0.15, -0.1) is 11.3 Å². The van der Waals surface area contributed by atoms with Crippen molar-refractivity contribution in [2.24, 2.45) is 0 Å². The van der Waals surface area contributed by atoms with Crippen molar-refractivity contribution in [3.63, 3.8) is 0 Å². The average Bonchev–Trinajstić information content (AvgIpc) is 2.84. The second-order valence-electron chi connectivity index (χ2n) is 4.76. The number of hydrogen-bond donors (Lipinski definition) is 0. The van der Waals surface area contributed by atoms with E-state index in [0.29, 0.717) is 0 Å². The van der Waals surface area contributed by atoms with Crippen molar-refractivity contribution >= 4 is 11.3 Å². The summed E-state index contributed by atoms with van der Waals surface area (Å²) in [6.45, 7) is 0. The summed E-state index contributed by atoms with van der Waals surface area (Å²) in [6.07, 6.45) is 7.55. The molecule has 0 bridgehead atoms. The SMILES string of the molecule is COC1(c2nc(C3CC3)cs2)CCCC1. The molecule has 0 N–H and O–H groups in total. The lowest BCUT2D eigenvalue weighted by atomic mass is 10.0. The minimum absolute atomic E-state index is 0.0300. The number of aromatic nitrogens is 1. The van der Waals surface area contributed by atoms with E-state index in [4.69, 9.17) is 9.72 Å². The molecule has 0 radical (unpaired) electrons. The number of rotatable bonds is 3. The zero-order valence-electron chi connectivity index (χ0n) is 9.16. The van der Waals surface area contributed by atoms with Gasteiger partial charge in [0.25, 0.3) is 0 Å². The quantitative estimate of drug-likeness (QED) is 0.783. The van der Waals surface area contributed by atoms with Crippen LogP contribution in [0.4, 0.5) is 0 Å². The Bertz CT molecular complexity index is 350. The molecule has 0 saturated heterocycles. The molecule has 0 unspecified atom stereocenters. The van der Waals surface area contributed by atoms with E-state index < -0.39 is 0 Å². The van der Waals surface area contributed by atoms with E-state index in [0.717, 1.165) is 18.8 Å². The first-order valence-electron chi connectivity index (χ1n) is 5.85. The van der Waals surface area contributed by atoms with Gasteiger partial charge in [-0.3, -0.25) is 0 Å². The molecule has 1 heterocycles. The van der Waals surface area contributed by atoms with Gasteiger partial charge in [-0.1, -0.05) is 12.8 Å². The Morgan fingerprint density at radius 2 is 2.13 bits per heavy atom. The van der Waals surface area contributed by atoms with Crippen LogP contribution in [0.2, 0.25) is 0 Å². The summed E-state index contributed by atoms with van der Waals surface area (Å²) in [7, 11) is 1.84. The minimum atomic E-state index is -0.0300. The van der Waals surface area contributed by atoms with Crippen molar-refractivity contribution in [3.05, 3.63) is 16.1 Å². The molecule has 0 aromatic carbocycles. The third-order valence-electron chi connectivity index (χ3n) is 3.71. The predicted octanol–water partition coefficient (Wildman–Crippen LogP) is 3.44. The van der Waals surface area contributed by atoms with Crippen LogP contribution in [0.5, 0.6) is 0 Å². The standard InChI is InChI=1S/C12H17NOS/c1-14-12(6-2-3-7-12)11-13-10(8-15-11)9-4-5-9/h8-9H,2-7H2,1H3. The molecule has 15 heavy (non-hydrogen) atoms. The molecule has 3 rings (SSSR count). The Balaban J connectivity index is 1.88. The molecule has 0 amide bonds. The van der Waals surface area contributed by atoms with Gasteiger partial charge in [-0.05, 0) is 25.7 Å². The minimum Gasteiger partial charge on any atom is -0.371 e. The van der Waals surface area contributed by atoms with Crippen molar-refractivity contribution in [3.8, 4) is 0 Å². The third-order valence-corrected chi connectivity index (χ3v) is 4.76. The predicted molar refractivity (Wildman–Crippen MR) is 61.2 cm³/mol. The van der Waals surface area contributed by atoms with Gasteiger partial charge >= 0.3 is 0 Å². The molecule has 0 aliphatic heterocycles. The van der Waals surface area contributed by atoms with Gasteiger partial charge in [0.1, 0.15) is 10.6 Å². The Hall–Kier alpha value is -0.410. The maximum Gasteiger partial charge on any atom is 0.125 e. The van der Waals surface area contributed by atoms with Crippen LogP contribution in [0.3, 0.4) is 0 Å². The van der Waals surface area contributed by atoms with Crippen LogP contribution in [0.1, 0.15) is 55.1 Å². The van der Waals surface area contributed by atoms with Crippen LogP contribution in [-0.4, -0.2) is 12.1 Å². The van der Waals surface area contributed by atoms with E-state index in [2.05, 4.69) is 5.38 Å². The Labute approximate surface area is 94.7 Å². The Morgan fingerprint density at radius 1 is 1.40 bits per heavy atom. The van der Waals surface area contributed by atoms with Crippen LogP contribution in [-0.2, 0) is 10.3 Å². The molecule has 2 nitrogen and oxygen atoms in total. The molecule has 2 saturated carbocycles. The molecule has 2 aliphatic rings. The lowest BCUT2D eigenvalue weighted by Crippen LogP contribution is -2.24. The van der Waals surface area contributed by atoms with Crippen LogP contribution in [0, 0.1) is 0 Å². The van der Waals surface area contributed by atoms with Gasteiger partial charge in [0.05, 0.1) is 5.69 Å². The Morgan fingerprint density at radius 3 is 2.73 bits per heavy atom. The molecular formula is C12H17NOS. The molecule has 0 spiro atoms. The van der Waals surface area contributed by atoms with Crippen molar-refractivity contribution in [1.29, 1.82) is 0 Å². The van der Waals surface area contributed by atoms with Crippen LogP contribution >= 0.6 is 11.3 Å². The van der Waals surface area contributed by atoms with Gasteiger partial charge in [-0.25, -0.2) is 4.98 Å². The second kappa shape index (κ2) is 3.56. The summed E-state index contributed by atoms with van der Waals surface area (Å²) < 4.78 is 5.75. The molecule has 1 aromatic heterocycles. The van der Waals surface area contributed by atoms with Crippen molar-refractivity contribution < 1.29 is 4.74 Å². The smallest absolute Gasteiger partial charge is 0.125 e. The van der Waals surface area contributed by atoms with E-state index in [1.54, 1.807) is 11.3 Å². The fraction of sp³-hybridized carbons (Fsp3) is 0.750. The van der Waals surface area contributed by atoms with E-state index in [1.165, 1.54) is 36.4 Å². The van der Waals surface area contributed by atoms with E-state index in [1.807, 2.05) is 7.11 Å². The van der Waals surface area contributed by atoms with E-state index in [-0.39, 0.29) is 5.60 Å². The average molecular weight is 223 g/mol. The largest absolute Gasteiger partial charge is 0.371 e. The van der Waals surface area contributed by atoms with Crippen LogP contribution < -0.4 is 0 Å². The number of hydrogen-bond acceptors (Lipinski definition) is 3. The van der Waals surface area contributed by atoms with Gasteiger partial charge in [0.2, 0.25) is 0 Å². The van der Waals surface area contributed by atoms with Gasteiger partial charge in [0.15, 0.2) is 0 Å². The monoisotopic (exact) mass is 223 g/mol. The topological polar surface area (TPSA) is 22.1 Å². The van der Waals surface area contributed by atoms with E-state index in [9.17, 15) is 0 Å². The number of nitrogens with zero attached hydrogens (tertiary/aromatic N) is 1. The molecule has 2 aliphatic carbocycles. The van der Waals surface area contributed by atoms with Gasteiger partial charge in [0, 0.05) is 18.4 Å². The molecule has 0 atom stereocenters. The van der Waals surface area contributed by atoms with Gasteiger partial charge < -0.3 is 4.74 Å². The summed E-state index contributed by atoms with van der Waals surface area (Å²) >= 11 is 1.80. The summed E-state index contributed by atoms with van der Waals surface area (Å²) in [5.41, 5.74) is 1.29. The second-order valence-corrected chi connectivity index (χ2v) is 5.62. The maximum atomic E-state index is 5.75. The molecular weight excluding hydrogens is 206 g/mol. The van der Waals surface area contributed by atoms with Crippen molar-refractivity contribution in [2.45, 2.75) is 50.0 Å². The summed E-state index contributed by atoms with van der Waals surface area (Å²) in [4.78, 5) is 4.79. The maximum absolute atomic E-state index is 5.75. The first-order chi connectivity index (χ1) is 7.34. The van der Waals surface area contributed by atoms with Crippen molar-refractivity contribution in [2.75, 3.05) is 7.11 Å². The number of thiazole rings is 1. The lowest BCUT2D eigenvalue weighted by Gasteiger charge is -2.24. The van der Waals surface area contributed by atoms with Crippen molar-refractivity contribution in [1.82, 2.24) is 4.98 Å². The van der Waals surface area contributed by atoms with E-state index >= 15 is 0 Å². The number of methoxy groups -OCH3 is 1. The highest BCUT2D eigenvalue weighted by Crippen LogP contribution is 2.46. The molecule has 3 heteroatoms. The molecule has 2 fully saturated rings. The normalized spacial score (nSPS) is 24.6. The highest BCUT2D eigenvalue weighted by molar-refractivity contribution is 7.09. The zero-order chi connectivity index (χ0) is 10.3. The first kappa shape index (κ1) is 9.79. The third kappa shape index (κ3) is 1.62. The molecule has 82 valence electrons. The number of ether oxygens (including phenoxy) is 1. The summed E-state index contributed by atoms with van der Waals surface area (Å²) in [5.74, 6) is 0.769. The van der Waals surface area contributed by atoms with Crippen LogP contribution in [0.15, 0.2) is 5.38 Å². The molecule has 1 aromatic rings. The highest BCUT2D eigenvalue weighted by atomic mass is 32.1. The lowest BCUT2D eigenvalue weighted by molar-refractivity contribution is -0.00896. The highest BCUT2D eigenvalue weighted by Gasteiger charge is 2.39.